The number of aryl methyl sites for hydroxylation is 1. The zero-order valence-electron chi connectivity index (χ0n) is 19.7. The van der Waals surface area contributed by atoms with Crippen molar-refractivity contribution in [2.45, 2.75) is 63.2 Å². The fraction of sp³-hybridized carbons (Fsp3) is 0.385. The van der Waals surface area contributed by atoms with Gasteiger partial charge in [-0.05, 0) is 44.4 Å². The Balaban J connectivity index is 1.38. The molecule has 0 saturated heterocycles. The molecule has 34 heavy (non-hydrogen) atoms. The summed E-state index contributed by atoms with van der Waals surface area (Å²) in [5.74, 6) is 0.676. The van der Waals surface area contributed by atoms with Crippen LogP contribution in [-0.4, -0.2) is 32.3 Å². The third-order valence-corrected chi connectivity index (χ3v) is 7.14. The van der Waals surface area contributed by atoms with Crippen molar-refractivity contribution in [1.82, 2.24) is 20.1 Å². The summed E-state index contributed by atoms with van der Waals surface area (Å²) in [5.41, 5.74) is 1.95. The quantitative estimate of drug-likeness (QED) is 0.429. The van der Waals surface area contributed by atoms with Gasteiger partial charge < -0.3 is 15.2 Å². The number of hydrogen-bond acceptors (Lipinski definition) is 5. The highest BCUT2D eigenvalue weighted by Crippen LogP contribution is 2.32. The number of carbonyl (C=O) groups is 2. The van der Waals surface area contributed by atoms with Crippen LogP contribution in [0.15, 0.2) is 59.8 Å². The summed E-state index contributed by atoms with van der Waals surface area (Å²) in [6.45, 7) is 3.91. The first kappa shape index (κ1) is 24.0. The minimum atomic E-state index is -0.229. The van der Waals surface area contributed by atoms with Crippen molar-refractivity contribution in [3.05, 3.63) is 71.5 Å². The Morgan fingerprint density at radius 3 is 2.50 bits per heavy atom. The molecule has 4 rings (SSSR count). The Bertz CT molecular complexity index is 1130. The molecule has 0 bridgehead atoms. The second-order valence-electron chi connectivity index (χ2n) is 8.68. The molecule has 3 aromatic rings. The number of para-hydroxylation sites is 1. The summed E-state index contributed by atoms with van der Waals surface area (Å²) in [7, 11) is 0. The maximum absolute atomic E-state index is 12.9. The first-order chi connectivity index (χ1) is 16.5. The molecule has 8 heteroatoms. The Kier molecular flexibility index (Phi) is 8.00. The molecule has 1 saturated carbocycles. The van der Waals surface area contributed by atoms with E-state index >= 15 is 0 Å². The van der Waals surface area contributed by atoms with Gasteiger partial charge in [-0.25, -0.2) is 0 Å². The molecule has 1 aromatic heterocycles. The molecule has 178 valence electrons. The summed E-state index contributed by atoms with van der Waals surface area (Å²) >= 11 is 1.39. The highest BCUT2D eigenvalue weighted by molar-refractivity contribution is 7.99. The van der Waals surface area contributed by atoms with E-state index < -0.39 is 0 Å². The molecular weight excluding hydrogens is 446 g/mol. The number of aromatic nitrogens is 3. The number of hydrogen-bond donors (Lipinski definition) is 2. The second kappa shape index (κ2) is 11.3. The van der Waals surface area contributed by atoms with Crippen molar-refractivity contribution < 1.29 is 9.59 Å². The molecule has 2 N–H and O–H groups in total. The predicted octanol–water partition coefficient (Wildman–Crippen LogP) is 5.31. The first-order valence-electron chi connectivity index (χ1n) is 11.8. The summed E-state index contributed by atoms with van der Waals surface area (Å²) in [5, 5.41) is 15.3. The van der Waals surface area contributed by atoms with Crippen LogP contribution in [0.5, 0.6) is 0 Å². The van der Waals surface area contributed by atoms with Gasteiger partial charge in [0, 0.05) is 6.04 Å². The van der Waals surface area contributed by atoms with Gasteiger partial charge in [0.1, 0.15) is 5.82 Å². The Morgan fingerprint density at radius 1 is 1.03 bits per heavy atom. The number of anilines is 1. The van der Waals surface area contributed by atoms with Crippen molar-refractivity contribution in [2.24, 2.45) is 0 Å². The van der Waals surface area contributed by atoms with Crippen molar-refractivity contribution in [3.8, 4) is 0 Å². The maximum atomic E-state index is 12.9. The highest BCUT2D eigenvalue weighted by atomic mass is 32.2. The standard InChI is InChI=1S/C26H31N5O2S/c1-18(20-11-5-3-6-12-20)27-25(33)22-15-9-10-16-23(22)28-24(32)17-34-26-30-29-19(2)31(26)21-13-7-4-8-14-21/h3,5-6,9-12,15-16,18,21H,4,7-8,13-14,17H2,1-2H3,(H,27,33)(H,28,32)/t18-/m1/s1. The minimum absolute atomic E-state index is 0.151. The molecule has 2 aromatic carbocycles. The minimum Gasteiger partial charge on any atom is -0.345 e. The van der Waals surface area contributed by atoms with Gasteiger partial charge in [-0.1, -0.05) is 73.5 Å². The van der Waals surface area contributed by atoms with E-state index in [0.29, 0.717) is 17.3 Å². The van der Waals surface area contributed by atoms with Crippen LogP contribution in [0.25, 0.3) is 0 Å². The van der Waals surface area contributed by atoms with E-state index in [1.807, 2.05) is 50.2 Å². The van der Waals surface area contributed by atoms with E-state index in [2.05, 4.69) is 25.4 Å². The number of nitrogens with zero attached hydrogens (tertiary/aromatic N) is 3. The largest absolute Gasteiger partial charge is 0.345 e. The molecule has 7 nitrogen and oxygen atoms in total. The van der Waals surface area contributed by atoms with Gasteiger partial charge in [-0.3, -0.25) is 9.59 Å². The van der Waals surface area contributed by atoms with Gasteiger partial charge in [0.05, 0.1) is 23.0 Å². The van der Waals surface area contributed by atoms with Crippen LogP contribution in [0.4, 0.5) is 5.69 Å². The van der Waals surface area contributed by atoms with Crippen molar-refractivity contribution in [3.63, 3.8) is 0 Å². The lowest BCUT2D eigenvalue weighted by Gasteiger charge is -2.24. The van der Waals surface area contributed by atoms with Gasteiger partial charge in [0.15, 0.2) is 5.16 Å². The predicted molar refractivity (Wildman–Crippen MR) is 135 cm³/mol. The van der Waals surface area contributed by atoms with Crippen LogP contribution in [0, 0.1) is 6.92 Å². The Morgan fingerprint density at radius 2 is 1.74 bits per heavy atom. The smallest absolute Gasteiger partial charge is 0.253 e. The molecule has 1 atom stereocenters. The first-order valence-corrected chi connectivity index (χ1v) is 12.8. The summed E-state index contributed by atoms with van der Waals surface area (Å²) in [6, 6.07) is 17.1. The average molecular weight is 478 g/mol. The second-order valence-corrected chi connectivity index (χ2v) is 9.62. The number of benzene rings is 2. The number of nitrogens with one attached hydrogen (secondary N) is 2. The zero-order valence-corrected chi connectivity index (χ0v) is 20.5. The van der Waals surface area contributed by atoms with E-state index in [4.69, 9.17) is 0 Å². The van der Waals surface area contributed by atoms with Crippen LogP contribution >= 0.6 is 11.8 Å². The topological polar surface area (TPSA) is 88.9 Å². The number of thioether (sulfide) groups is 1. The SMILES string of the molecule is Cc1nnc(SCC(=O)Nc2ccccc2C(=O)N[C@H](C)c2ccccc2)n1C1CCCCC1. The monoisotopic (exact) mass is 477 g/mol. The average Bonchev–Trinajstić information content (AvgIpc) is 3.24. The Labute approximate surface area is 204 Å². The number of carbonyl (C=O) groups excluding carboxylic acids is 2. The van der Waals surface area contributed by atoms with Crippen LogP contribution in [-0.2, 0) is 4.79 Å². The van der Waals surface area contributed by atoms with E-state index in [9.17, 15) is 9.59 Å². The molecule has 1 aliphatic rings. The number of amides is 2. The van der Waals surface area contributed by atoms with Gasteiger partial charge in [-0.2, -0.15) is 0 Å². The molecule has 1 aliphatic carbocycles. The van der Waals surface area contributed by atoms with Crippen LogP contribution in [0.1, 0.15) is 72.9 Å². The fourth-order valence-electron chi connectivity index (χ4n) is 4.41. The maximum Gasteiger partial charge on any atom is 0.253 e. The summed E-state index contributed by atoms with van der Waals surface area (Å²) < 4.78 is 2.18. The molecule has 0 spiro atoms. The normalized spacial score (nSPS) is 15.0. The van der Waals surface area contributed by atoms with Gasteiger partial charge in [-0.15, -0.1) is 10.2 Å². The molecule has 1 heterocycles. The lowest BCUT2D eigenvalue weighted by Crippen LogP contribution is -2.28. The summed E-state index contributed by atoms with van der Waals surface area (Å²) in [6.07, 6.45) is 5.97. The van der Waals surface area contributed by atoms with Crippen LogP contribution in [0.3, 0.4) is 0 Å². The molecular formula is C26H31N5O2S. The van der Waals surface area contributed by atoms with Gasteiger partial charge in [0.2, 0.25) is 5.91 Å². The van der Waals surface area contributed by atoms with E-state index in [1.54, 1.807) is 18.2 Å². The van der Waals surface area contributed by atoms with Crippen molar-refractivity contribution in [2.75, 3.05) is 11.1 Å². The molecule has 0 radical (unpaired) electrons. The summed E-state index contributed by atoms with van der Waals surface area (Å²) in [4.78, 5) is 25.7. The number of rotatable bonds is 8. The van der Waals surface area contributed by atoms with E-state index in [0.717, 1.165) is 29.4 Å². The van der Waals surface area contributed by atoms with Crippen LogP contribution < -0.4 is 10.6 Å². The third kappa shape index (κ3) is 5.86. The molecule has 2 amide bonds. The zero-order chi connectivity index (χ0) is 23.9. The molecule has 1 fully saturated rings. The van der Waals surface area contributed by atoms with E-state index in [-0.39, 0.29) is 23.6 Å². The fourth-order valence-corrected chi connectivity index (χ4v) is 5.27. The highest BCUT2D eigenvalue weighted by Gasteiger charge is 2.22. The van der Waals surface area contributed by atoms with E-state index in [1.165, 1.54) is 31.0 Å². The van der Waals surface area contributed by atoms with Crippen molar-refractivity contribution >= 4 is 29.3 Å². The molecule has 0 aliphatic heterocycles. The Hall–Kier alpha value is -3.13. The van der Waals surface area contributed by atoms with Crippen LogP contribution in [0.2, 0.25) is 0 Å². The third-order valence-electron chi connectivity index (χ3n) is 6.20. The lowest BCUT2D eigenvalue weighted by molar-refractivity contribution is -0.113. The molecule has 0 unspecified atom stereocenters. The van der Waals surface area contributed by atoms with Gasteiger partial charge in [0.25, 0.3) is 5.91 Å². The van der Waals surface area contributed by atoms with Gasteiger partial charge >= 0.3 is 0 Å². The van der Waals surface area contributed by atoms with Crippen molar-refractivity contribution in [1.29, 1.82) is 0 Å². The lowest BCUT2D eigenvalue weighted by atomic mass is 9.95.